The van der Waals surface area contributed by atoms with Gasteiger partial charge in [-0.2, -0.15) is 0 Å². The van der Waals surface area contributed by atoms with Gasteiger partial charge in [0, 0.05) is 18.7 Å². The third-order valence-electron chi connectivity index (χ3n) is 3.52. The van der Waals surface area contributed by atoms with E-state index < -0.39 is 0 Å². The van der Waals surface area contributed by atoms with Crippen molar-refractivity contribution in [2.45, 2.75) is 38.8 Å². The molecule has 5 nitrogen and oxygen atoms in total. The highest BCUT2D eigenvalue weighted by atomic mass is 16.4. The van der Waals surface area contributed by atoms with Gasteiger partial charge in [-0.05, 0) is 32.4 Å². The van der Waals surface area contributed by atoms with Crippen molar-refractivity contribution in [1.82, 2.24) is 10.2 Å². The molecule has 1 atom stereocenters. The molecular weight excluding hydrogens is 244 g/mol. The standard InChI is InChI=1S/C14H22N2O3/c1-2-6-16(11-4-3-5-15-8-11)9-12-7-13(17)14(18)10-19-12/h7,10-11,15,18H,2-6,8-9H2,1H3. The van der Waals surface area contributed by atoms with Gasteiger partial charge >= 0.3 is 0 Å². The molecule has 0 spiro atoms. The summed E-state index contributed by atoms with van der Waals surface area (Å²) in [6.07, 6.45) is 4.56. The average Bonchev–Trinajstić information content (AvgIpc) is 2.43. The van der Waals surface area contributed by atoms with Crippen molar-refractivity contribution in [3.8, 4) is 5.75 Å². The summed E-state index contributed by atoms with van der Waals surface area (Å²) in [6, 6.07) is 1.88. The Morgan fingerprint density at radius 2 is 2.42 bits per heavy atom. The van der Waals surface area contributed by atoms with Gasteiger partial charge in [-0.25, -0.2) is 0 Å². The summed E-state index contributed by atoms with van der Waals surface area (Å²) in [6.45, 7) is 5.83. The van der Waals surface area contributed by atoms with Crippen LogP contribution in [0.2, 0.25) is 0 Å². The molecule has 5 heteroatoms. The van der Waals surface area contributed by atoms with Crippen LogP contribution in [-0.4, -0.2) is 35.7 Å². The Morgan fingerprint density at radius 3 is 3.05 bits per heavy atom. The van der Waals surface area contributed by atoms with E-state index in [1.807, 2.05) is 0 Å². The van der Waals surface area contributed by atoms with Gasteiger partial charge in [-0.3, -0.25) is 9.69 Å². The third-order valence-corrected chi connectivity index (χ3v) is 3.52. The molecule has 1 unspecified atom stereocenters. The minimum atomic E-state index is -0.375. The number of aromatic hydroxyl groups is 1. The zero-order valence-corrected chi connectivity index (χ0v) is 11.4. The minimum absolute atomic E-state index is 0.329. The lowest BCUT2D eigenvalue weighted by Crippen LogP contribution is -2.45. The molecule has 1 aromatic heterocycles. The van der Waals surface area contributed by atoms with E-state index in [1.54, 1.807) is 0 Å². The summed E-state index contributed by atoms with van der Waals surface area (Å²) >= 11 is 0. The zero-order chi connectivity index (χ0) is 13.7. The van der Waals surface area contributed by atoms with Gasteiger partial charge in [-0.15, -0.1) is 0 Å². The molecule has 0 amide bonds. The largest absolute Gasteiger partial charge is 0.502 e. The van der Waals surface area contributed by atoms with Gasteiger partial charge in [0.2, 0.25) is 5.43 Å². The molecule has 1 saturated heterocycles. The van der Waals surface area contributed by atoms with E-state index in [-0.39, 0.29) is 11.2 Å². The van der Waals surface area contributed by atoms with Crippen LogP contribution in [0.3, 0.4) is 0 Å². The summed E-state index contributed by atoms with van der Waals surface area (Å²) in [5.74, 6) is 0.284. The molecule has 2 N–H and O–H groups in total. The zero-order valence-electron chi connectivity index (χ0n) is 11.4. The summed E-state index contributed by atoms with van der Waals surface area (Å²) < 4.78 is 5.29. The van der Waals surface area contributed by atoms with E-state index in [0.29, 0.717) is 18.3 Å². The normalized spacial score (nSPS) is 19.8. The van der Waals surface area contributed by atoms with Gasteiger partial charge in [0.1, 0.15) is 12.0 Å². The predicted octanol–water partition coefficient (Wildman–Crippen LogP) is 1.31. The second kappa shape index (κ2) is 6.73. The Labute approximate surface area is 113 Å². The van der Waals surface area contributed by atoms with Crippen molar-refractivity contribution in [2.75, 3.05) is 19.6 Å². The third kappa shape index (κ3) is 3.81. The smallest absolute Gasteiger partial charge is 0.226 e. The van der Waals surface area contributed by atoms with E-state index in [9.17, 15) is 9.90 Å². The maximum absolute atomic E-state index is 11.4. The first kappa shape index (κ1) is 14.1. The monoisotopic (exact) mass is 266 g/mol. The Morgan fingerprint density at radius 1 is 1.58 bits per heavy atom. The molecular formula is C14H22N2O3. The fourth-order valence-corrected chi connectivity index (χ4v) is 2.55. The number of hydrogen-bond acceptors (Lipinski definition) is 5. The van der Waals surface area contributed by atoms with Gasteiger partial charge in [0.15, 0.2) is 5.75 Å². The minimum Gasteiger partial charge on any atom is -0.502 e. The number of hydrogen-bond donors (Lipinski definition) is 2. The number of piperidine rings is 1. The first-order valence-corrected chi connectivity index (χ1v) is 6.96. The summed E-state index contributed by atoms with van der Waals surface area (Å²) in [5, 5.41) is 12.6. The van der Waals surface area contributed by atoms with Crippen LogP contribution in [0.1, 0.15) is 31.9 Å². The second-order valence-electron chi connectivity index (χ2n) is 5.07. The Balaban J connectivity index is 2.06. The molecule has 0 radical (unpaired) electrons. The van der Waals surface area contributed by atoms with Crippen LogP contribution in [-0.2, 0) is 6.54 Å². The van der Waals surface area contributed by atoms with Gasteiger partial charge < -0.3 is 14.8 Å². The fraction of sp³-hybridized carbons (Fsp3) is 0.643. The molecule has 2 heterocycles. The SMILES string of the molecule is CCCN(Cc1cc(=O)c(O)co1)C1CCCNC1. The van der Waals surface area contributed by atoms with Gasteiger partial charge in [0.05, 0.1) is 6.54 Å². The van der Waals surface area contributed by atoms with Crippen LogP contribution in [0.25, 0.3) is 0 Å². The molecule has 0 saturated carbocycles. The second-order valence-corrected chi connectivity index (χ2v) is 5.07. The van der Waals surface area contributed by atoms with Crippen molar-refractivity contribution in [1.29, 1.82) is 0 Å². The summed E-state index contributed by atoms with van der Waals surface area (Å²) in [7, 11) is 0. The molecule has 1 fully saturated rings. The van der Waals surface area contributed by atoms with E-state index in [4.69, 9.17) is 4.42 Å². The average molecular weight is 266 g/mol. The molecule has 0 bridgehead atoms. The molecule has 19 heavy (non-hydrogen) atoms. The first-order valence-electron chi connectivity index (χ1n) is 6.96. The van der Waals surface area contributed by atoms with E-state index in [1.165, 1.54) is 18.9 Å². The van der Waals surface area contributed by atoms with Crippen molar-refractivity contribution < 1.29 is 9.52 Å². The number of rotatable bonds is 5. The van der Waals surface area contributed by atoms with Crippen LogP contribution in [0.4, 0.5) is 0 Å². The van der Waals surface area contributed by atoms with Crippen LogP contribution < -0.4 is 10.7 Å². The number of nitrogens with zero attached hydrogens (tertiary/aromatic N) is 1. The predicted molar refractivity (Wildman–Crippen MR) is 73.2 cm³/mol. The highest BCUT2D eigenvalue weighted by Gasteiger charge is 2.21. The molecule has 2 rings (SSSR count). The summed E-state index contributed by atoms with van der Waals surface area (Å²) in [5.41, 5.74) is -0.375. The molecule has 1 aliphatic heterocycles. The van der Waals surface area contributed by atoms with Crippen LogP contribution in [0, 0.1) is 0 Å². The van der Waals surface area contributed by atoms with Gasteiger partial charge in [-0.1, -0.05) is 6.92 Å². The molecule has 1 aliphatic rings. The van der Waals surface area contributed by atoms with E-state index in [0.717, 1.165) is 32.3 Å². The van der Waals surface area contributed by atoms with Crippen molar-refractivity contribution >= 4 is 0 Å². The van der Waals surface area contributed by atoms with Gasteiger partial charge in [0.25, 0.3) is 0 Å². The van der Waals surface area contributed by atoms with Crippen molar-refractivity contribution in [3.63, 3.8) is 0 Å². The number of nitrogens with one attached hydrogen (secondary N) is 1. The van der Waals surface area contributed by atoms with E-state index in [2.05, 4.69) is 17.1 Å². The van der Waals surface area contributed by atoms with Crippen LogP contribution in [0.15, 0.2) is 21.5 Å². The van der Waals surface area contributed by atoms with Crippen molar-refractivity contribution in [3.05, 3.63) is 28.3 Å². The highest BCUT2D eigenvalue weighted by molar-refractivity contribution is 5.15. The first-order chi connectivity index (χ1) is 9.20. The lowest BCUT2D eigenvalue weighted by atomic mass is 10.1. The maximum atomic E-state index is 11.4. The quantitative estimate of drug-likeness (QED) is 0.841. The van der Waals surface area contributed by atoms with Crippen LogP contribution in [0.5, 0.6) is 5.75 Å². The Kier molecular flexibility index (Phi) is 4.99. The summed E-state index contributed by atoms with van der Waals surface area (Å²) in [4.78, 5) is 13.8. The molecule has 106 valence electrons. The molecule has 1 aromatic rings. The maximum Gasteiger partial charge on any atom is 0.226 e. The topological polar surface area (TPSA) is 65.7 Å². The fourth-order valence-electron chi connectivity index (χ4n) is 2.55. The van der Waals surface area contributed by atoms with Crippen molar-refractivity contribution in [2.24, 2.45) is 0 Å². The molecule has 0 aliphatic carbocycles. The lowest BCUT2D eigenvalue weighted by molar-refractivity contribution is 0.146. The Hall–Kier alpha value is -1.33. The Bertz CT molecular complexity index is 452. The van der Waals surface area contributed by atoms with Crippen LogP contribution >= 0.6 is 0 Å². The highest BCUT2D eigenvalue weighted by Crippen LogP contribution is 2.15. The van der Waals surface area contributed by atoms with E-state index >= 15 is 0 Å². The molecule has 0 aromatic carbocycles. The lowest BCUT2D eigenvalue weighted by Gasteiger charge is -2.34.